The average Bonchev–Trinajstić information content (AvgIpc) is 2.57. The lowest BCUT2D eigenvalue weighted by molar-refractivity contribution is -0.183. The van der Waals surface area contributed by atoms with Crippen LogP contribution in [0.2, 0.25) is 5.02 Å². The van der Waals surface area contributed by atoms with Gasteiger partial charge in [0, 0.05) is 16.3 Å². The number of phenolic OH excluding ortho intramolecular Hbond substituents is 1. The number of anilines is 2. The average molecular weight is 349 g/mol. The molecule has 0 aromatic heterocycles. The maximum atomic E-state index is 12.1. The van der Waals surface area contributed by atoms with E-state index in [1.807, 2.05) is 0 Å². The van der Waals surface area contributed by atoms with Gasteiger partial charge in [-0.1, -0.05) is 23.7 Å². The highest BCUT2D eigenvalue weighted by atomic mass is 35.5. The lowest BCUT2D eigenvalue weighted by Crippen LogP contribution is -2.20. The van der Waals surface area contributed by atoms with Gasteiger partial charge in [-0.25, -0.2) is 4.79 Å². The molecule has 126 valence electrons. The predicted octanol–water partition coefficient (Wildman–Crippen LogP) is 4.13. The maximum Gasteiger partial charge on any atom is 0.323 e. The summed E-state index contributed by atoms with van der Waals surface area (Å²) in [5, 5.41) is 15.7. The highest BCUT2D eigenvalue weighted by Crippen LogP contribution is 2.30. The van der Waals surface area contributed by atoms with Gasteiger partial charge < -0.3 is 25.2 Å². The van der Waals surface area contributed by atoms with Crippen LogP contribution in [0.3, 0.4) is 0 Å². The van der Waals surface area contributed by atoms with Crippen molar-refractivity contribution in [3.63, 3.8) is 0 Å². The van der Waals surface area contributed by atoms with Crippen LogP contribution in [-0.4, -0.2) is 24.4 Å². The van der Waals surface area contributed by atoms with Gasteiger partial charge in [-0.2, -0.15) is 0 Å². The van der Waals surface area contributed by atoms with Crippen molar-refractivity contribution in [3.05, 3.63) is 53.1 Å². The second kappa shape index (κ2) is 7.53. The third kappa shape index (κ3) is 4.17. The van der Waals surface area contributed by atoms with Crippen molar-refractivity contribution in [2.75, 3.05) is 23.8 Å². The molecule has 0 saturated carbocycles. The van der Waals surface area contributed by atoms with Crippen LogP contribution in [0.25, 0.3) is 0 Å². The predicted molar refractivity (Wildman–Crippen MR) is 91.5 cm³/mol. The number of hydrogen-bond donors (Lipinski definition) is 3. The Morgan fingerprint density at radius 1 is 1.12 bits per heavy atom. The molecule has 2 aromatic rings. The van der Waals surface area contributed by atoms with Crippen LogP contribution in [0, 0.1) is 0 Å². The summed E-state index contributed by atoms with van der Waals surface area (Å²) in [7, 11) is 0. The summed E-state index contributed by atoms with van der Waals surface area (Å²) in [5.74, 6) is -0.0456. The Hall–Kier alpha value is -2.28. The number of nitrogens with one attached hydrogen (secondary N) is 2. The Bertz CT molecular complexity index is 732. The van der Waals surface area contributed by atoms with Crippen LogP contribution in [0.1, 0.15) is 18.3 Å². The standard InChI is InChI=1S/C17H17ClN2O4/c18-12-3-1-4-13(10-12)19-17(22)20-14-9-11(5-6-15(14)21)16-23-7-2-8-24-16/h1,3-6,9-10,16,21H,2,7-8H2,(H2,19,20,22). The number of rotatable bonds is 3. The van der Waals surface area contributed by atoms with Gasteiger partial charge in [0.15, 0.2) is 6.29 Å². The number of urea groups is 1. The van der Waals surface area contributed by atoms with Gasteiger partial charge >= 0.3 is 6.03 Å². The minimum absolute atomic E-state index is 0.0456. The molecule has 0 bridgehead atoms. The van der Waals surface area contributed by atoms with E-state index in [4.69, 9.17) is 21.1 Å². The summed E-state index contributed by atoms with van der Waals surface area (Å²) in [4.78, 5) is 12.1. The molecular formula is C17H17ClN2O4. The van der Waals surface area contributed by atoms with Crippen LogP contribution < -0.4 is 10.6 Å². The molecule has 3 N–H and O–H groups in total. The number of aromatic hydroxyl groups is 1. The molecule has 24 heavy (non-hydrogen) atoms. The van der Waals surface area contributed by atoms with Gasteiger partial charge in [0.25, 0.3) is 0 Å². The number of halogens is 1. The molecule has 0 atom stereocenters. The van der Waals surface area contributed by atoms with E-state index in [2.05, 4.69) is 10.6 Å². The van der Waals surface area contributed by atoms with E-state index < -0.39 is 12.3 Å². The van der Waals surface area contributed by atoms with Crippen LogP contribution >= 0.6 is 11.6 Å². The van der Waals surface area contributed by atoms with E-state index in [0.29, 0.717) is 23.9 Å². The maximum absolute atomic E-state index is 12.1. The van der Waals surface area contributed by atoms with E-state index >= 15 is 0 Å². The molecule has 2 amide bonds. The zero-order chi connectivity index (χ0) is 16.9. The summed E-state index contributed by atoms with van der Waals surface area (Å²) in [5.41, 5.74) is 1.55. The number of carbonyl (C=O) groups excluding carboxylic acids is 1. The second-order valence-electron chi connectivity index (χ2n) is 5.29. The minimum atomic E-state index is -0.491. The first-order chi connectivity index (χ1) is 11.6. The molecule has 0 radical (unpaired) electrons. The molecule has 1 aliphatic rings. The summed E-state index contributed by atoms with van der Waals surface area (Å²) in [6.07, 6.45) is 0.359. The highest BCUT2D eigenvalue weighted by Gasteiger charge is 2.18. The fraction of sp³-hybridized carbons (Fsp3) is 0.235. The first kappa shape index (κ1) is 16.6. The molecule has 0 aliphatic carbocycles. The fourth-order valence-corrected chi connectivity index (χ4v) is 2.52. The Morgan fingerprint density at radius 2 is 1.92 bits per heavy atom. The summed E-state index contributed by atoms with van der Waals surface area (Å²) >= 11 is 5.88. The van der Waals surface area contributed by atoms with Crippen molar-refractivity contribution in [2.45, 2.75) is 12.7 Å². The van der Waals surface area contributed by atoms with Gasteiger partial charge in [0.05, 0.1) is 18.9 Å². The smallest absolute Gasteiger partial charge is 0.323 e. The van der Waals surface area contributed by atoms with E-state index in [9.17, 15) is 9.90 Å². The van der Waals surface area contributed by atoms with Gasteiger partial charge in [0.2, 0.25) is 0 Å². The normalized spacial score (nSPS) is 15.0. The number of hydrogen-bond acceptors (Lipinski definition) is 4. The zero-order valence-corrected chi connectivity index (χ0v) is 13.5. The topological polar surface area (TPSA) is 79.8 Å². The molecule has 6 nitrogen and oxygen atoms in total. The number of ether oxygens (including phenoxy) is 2. The van der Waals surface area contributed by atoms with Crippen molar-refractivity contribution in [1.82, 2.24) is 0 Å². The number of phenols is 1. The van der Waals surface area contributed by atoms with Crippen molar-refractivity contribution in [2.24, 2.45) is 0 Å². The Morgan fingerprint density at radius 3 is 2.67 bits per heavy atom. The Balaban J connectivity index is 1.70. The zero-order valence-electron chi connectivity index (χ0n) is 12.8. The van der Waals surface area contributed by atoms with Crippen LogP contribution in [-0.2, 0) is 9.47 Å². The number of carbonyl (C=O) groups is 1. The van der Waals surface area contributed by atoms with Crippen molar-refractivity contribution in [1.29, 1.82) is 0 Å². The fourth-order valence-electron chi connectivity index (χ4n) is 2.33. The van der Waals surface area contributed by atoms with Gasteiger partial charge in [0.1, 0.15) is 5.75 Å². The van der Waals surface area contributed by atoms with Gasteiger partial charge in [-0.05, 0) is 36.8 Å². The largest absolute Gasteiger partial charge is 0.506 e. The quantitative estimate of drug-likeness (QED) is 0.729. The third-order valence-electron chi connectivity index (χ3n) is 3.45. The molecule has 1 heterocycles. The first-order valence-corrected chi connectivity index (χ1v) is 7.89. The van der Waals surface area contributed by atoms with Crippen molar-refractivity contribution >= 4 is 29.0 Å². The van der Waals surface area contributed by atoms with Crippen molar-refractivity contribution in [3.8, 4) is 5.75 Å². The van der Waals surface area contributed by atoms with E-state index in [0.717, 1.165) is 12.0 Å². The number of benzene rings is 2. The molecule has 1 fully saturated rings. The lowest BCUT2D eigenvalue weighted by atomic mass is 10.1. The van der Waals surface area contributed by atoms with E-state index in [1.54, 1.807) is 36.4 Å². The molecule has 0 spiro atoms. The second-order valence-corrected chi connectivity index (χ2v) is 5.73. The van der Waals surface area contributed by atoms with E-state index in [1.165, 1.54) is 6.07 Å². The molecule has 1 aliphatic heterocycles. The molecule has 0 unspecified atom stereocenters. The molecular weight excluding hydrogens is 332 g/mol. The van der Waals surface area contributed by atoms with Gasteiger partial charge in [-0.3, -0.25) is 0 Å². The number of amides is 2. The Labute approximate surface area is 144 Å². The highest BCUT2D eigenvalue weighted by molar-refractivity contribution is 6.30. The SMILES string of the molecule is O=C(Nc1cccc(Cl)c1)Nc1cc(C2OCCCO2)ccc1O. The van der Waals surface area contributed by atoms with Crippen LogP contribution in [0.5, 0.6) is 5.75 Å². The Kier molecular flexibility index (Phi) is 5.20. The lowest BCUT2D eigenvalue weighted by Gasteiger charge is -2.24. The summed E-state index contributed by atoms with van der Waals surface area (Å²) in [6, 6.07) is 11.1. The molecule has 1 saturated heterocycles. The van der Waals surface area contributed by atoms with Crippen LogP contribution in [0.15, 0.2) is 42.5 Å². The molecule has 3 rings (SSSR count). The van der Waals surface area contributed by atoms with Crippen LogP contribution in [0.4, 0.5) is 16.2 Å². The van der Waals surface area contributed by atoms with Gasteiger partial charge in [-0.15, -0.1) is 0 Å². The molecule has 7 heteroatoms. The first-order valence-electron chi connectivity index (χ1n) is 7.51. The summed E-state index contributed by atoms with van der Waals surface area (Å²) < 4.78 is 11.1. The van der Waals surface area contributed by atoms with E-state index in [-0.39, 0.29) is 11.4 Å². The summed E-state index contributed by atoms with van der Waals surface area (Å²) in [6.45, 7) is 1.23. The minimum Gasteiger partial charge on any atom is -0.506 e. The monoisotopic (exact) mass is 348 g/mol. The third-order valence-corrected chi connectivity index (χ3v) is 3.69. The molecule has 2 aromatic carbocycles. The van der Waals surface area contributed by atoms with Crippen molar-refractivity contribution < 1.29 is 19.4 Å².